The van der Waals surface area contributed by atoms with Gasteiger partial charge < -0.3 is 14.8 Å². The summed E-state index contributed by atoms with van der Waals surface area (Å²) >= 11 is 0. The molecule has 1 saturated heterocycles. The highest BCUT2D eigenvalue weighted by Crippen LogP contribution is 2.19. The second kappa shape index (κ2) is 10.6. The zero-order valence-corrected chi connectivity index (χ0v) is 17.8. The number of sulfonamides is 1. The molecule has 0 radical (unpaired) electrons. The van der Waals surface area contributed by atoms with Gasteiger partial charge in [0, 0.05) is 44.5 Å². The van der Waals surface area contributed by atoms with E-state index in [9.17, 15) is 13.2 Å². The summed E-state index contributed by atoms with van der Waals surface area (Å²) in [6.45, 7) is 4.33. The molecule has 30 heavy (non-hydrogen) atoms. The third kappa shape index (κ3) is 6.10. The predicted octanol–water partition coefficient (Wildman–Crippen LogP) is 1.70. The summed E-state index contributed by atoms with van der Waals surface area (Å²) in [6.07, 6.45) is 0. The van der Waals surface area contributed by atoms with Crippen molar-refractivity contribution in [1.82, 2.24) is 9.62 Å². The van der Waals surface area contributed by atoms with Crippen molar-refractivity contribution in [2.24, 2.45) is 0 Å². The SMILES string of the molecule is COCCNS(=O)(=O)c1ccc(C(=O)Nc2ccccc2CN2CCOCC2)cc1. The molecule has 0 saturated carbocycles. The number of carbonyl (C=O) groups excluding carboxylic acids is 1. The Morgan fingerprint density at radius 1 is 1.10 bits per heavy atom. The summed E-state index contributed by atoms with van der Waals surface area (Å²) in [5.41, 5.74) is 2.15. The quantitative estimate of drug-likeness (QED) is 0.585. The Labute approximate surface area is 177 Å². The van der Waals surface area contributed by atoms with Gasteiger partial charge in [0.1, 0.15) is 0 Å². The van der Waals surface area contributed by atoms with Crippen molar-refractivity contribution in [1.29, 1.82) is 0 Å². The molecule has 9 heteroatoms. The summed E-state index contributed by atoms with van der Waals surface area (Å²) in [5.74, 6) is -0.291. The fourth-order valence-electron chi connectivity index (χ4n) is 3.12. The van der Waals surface area contributed by atoms with Gasteiger partial charge >= 0.3 is 0 Å². The molecule has 2 aromatic rings. The Hall–Kier alpha value is -2.30. The number of carbonyl (C=O) groups is 1. The minimum absolute atomic E-state index is 0.0999. The van der Waals surface area contributed by atoms with Crippen LogP contribution in [0.3, 0.4) is 0 Å². The van der Waals surface area contributed by atoms with E-state index >= 15 is 0 Å². The number of hydrogen-bond donors (Lipinski definition) is 2. The summed E-state index contributed by atoms with van der Waals surface area (Å²) in [6, 6.07) is 13.5. The third-order valence-electron chi connectivity index (χ3n) is 4.79. The largest absolute Gasteiger partial charge is 0.383 e. The third-order valence-corrected chi connectivity index (χ3v) is 6.27. The highest BCUT2D eigenvalue weighted by Gasteiger charge is 2.16. The summed E-state index contributed by atoms with van der Waals surface area (Å²) in [7, 11) is -2.13. The van der Waals surface area contributed by atoms with Gasteiger partial charge in [-0.1, -0.05) is 18.2 Å². The number of hydrogen-bond acceptors (Lipinski definition) is 6. The van der Waals surface area contributed by atoms with Crippen molar-refractivity contribution in [2.45, 2.75) is 11.4 Å². The van der Waals surface area contributed by atoms with Gasteiger partial charge in [-0.2, -0.15) is 0 Å². The molecule has 1 aliphatic rings. The number of anilines is 1. The Morgan fingerprint density at radius 3 is 2.50 bits per heavy atom. The van der Waals surface area contributed by atoms with Gasteiger partial charge in [-0.25, -0.2) is 13.1 Å². The molecule has 1 fully saturated rings. The van der Waals surface area contributed by atoms with Crippen molar-refractivity contribution in [3.8, 4) is 0 Å². The molecule has 1 amide bonds. The fraction of sp³-hybridized carbons (Fsp3) is 0.381. The molecule has 1 aliphatic heterocycles. The zero-order chi connectivity index (χ0) is 21.4. The van der Waals surface area contributed by atoms with Crippen LogP contribution >= 0.6 is 0 Å². The average molecular weight is 434 g/mol. The standard InChI is InChI=1S/C21H27N3O5S/c1-28-13-10-22-30(26,27)19-8-6-17(7-9-19)21(25)23-20-5-3-2-4-18(20)16-24-11-14-29-15-12-24/h2-9,22H,10-16H2,1H3,(H,23,25). The van der Waals surface area contributed by atoms with E-state index in [-0.39, 0.29) is 24.0 Å². The number of nitrogens with one attached hydrogen (secondary N) is 2. The van der Waals surface area contributed by atoms with Gasteiger partial charge in [0.2, 0.25) is 10.0 Å². The van der Waals surface area contributed by atoms with E-state index in [1.54, 1.807) is 0 Å². The number of nitrogens with zero attached hydrogens (tertiary/aromatic N) is 1. The number of morpholine rings is 1. The van der Waals surface area contributed by atoms with Gasteiger partial charge in [-0.15, -0.1) is 0 Å². The van der Waals surface area contributed by atoms with Gasteiger partial charge in [0.25, 0.3) is 5.91 Å². The number of amides is 1. The molecule has 8 nitrogen and oxygen atoms in total. The molecule has 2 aromatic carbocycles. The van der Waals surface area contributed by atoms with Crippen LogP contribution < -0.4 is 10.0 Å². The maximum atomic E-state index is 12.7. The van der Waals surface area contributed by atoms with Crippen LogP contribution in [0.2, 0.25) is 0 Å². The van der Waals surface area contributed by atoms with Crippen molar-refractivity contribution in [3.63, 3.8) is 0 Å². The van der Waals surface area contributed by atoms with E-state index < -0.39 is 10.0 Å². The van der Waals surface area contributed by atoms with E-state index in [2.05, 4.69) is 14.9 Å². The molecular formula is C21H27N3O5S. The zero-order valence-electron chi connectivity index (χ0n) is 17.0. The number of rotatable bonds is 9. The Kier molecular flexibility index (Phi) is 7.94. The smallest absolute Gasteiger partial charge is 0.255 e. The minimum Gasteiger partial charge on any atom is -0.383 e. The molecular weight excluding hydrogens is 406 g/mol. The van der Waals surface area contributed by atoms with Crippen LogP contribution in [0, 0.1) is 0 Å². The molecule has 0 spiro atoms. The van der Waals surface area contributed by atoms with Gasteiger partial charge in [-0.05, 0) is 35.9 Å². The van der Waals surface area contributed by atoms with E-state index in [0.717, 1.165) is 30.9 Å². The van der Waals surface area contributed by atoms with Gasteiger partial charge in [-0.3, -0.25) is 9.69 Å². The first-order valence-electron chi connectivity index (χ1n) is 9.77. The molecule has 162 valence electrons. The van der Waals surface area contributed by atoms with Gasteiger partial charge in [0.05, 0.1) is 24.7 Å². The van der Waals surface area contributed by atoms with E-state index in [4.69, 9.17) is 9.47 Å². The van der Waals surface area contributed by atoms with Crippen molar-refractivity contribution < 1.29 is 22.7 Å². The highest BCUT2D eigenvalue weighted by atomic mass is 32.2. The van der Waals surface area contributed by atoms with E-state index in [1.807, 2.05) is 24.3 Å². The average Bonchev–Trinajstić information content (AvgIpc) is 2.76. The van der Waals surface area contributed by atoms with Gasteiger partial charge in [0.15, 0.2) is 0 Å². The number of methoxy groups -OCH3 is 1. The van der Waals surface area contributed by atoms with Crippen LogP contribution in [0.15, 0.2) is 53.4 Å². The second-order valence-corrected chi connectivity index (χ2v) is 8.68. The van der Waals surface area contributed by atoms with Crippen molar-refractivity contribution in [3.05, 3.63) is 59.7 Å². The first kappa shape index (κ1) is 22.4. The normalized spacial score (nSPS) is 15.1. The Balaban J connectivity index is 1.66. The molecule has 0 atom stereocenters. The van der Waals surface area contributed by atoms with Crippen molar-refractivity contribution in [2.75, 3.05) is 51.9 Å². The summed E-state index contributed by atoms with van der Waals surface area (Å²) in [4.78, 5) is 15.1. The maximum absolute atomic E-state index is 12.7. The number of ether oxygens (including phenoxy) is 2. The molecule has 0 unspecified atom stereocenters. The van der Waals surface area contributed by atoms with E-state index in [1.165, 1.54) is 31.4 Å². The van der Waals surface area contributed by atoms with Crippen molar-refractivity contribution >= 4 is 21.6 Å². The minimum atomic E-state index is -3.63. The molecule has 0 aliphatic carbocycles. The first-order chi connectivity index (χ1) is 14.5. The predicted molar refractivity (Wildman–Crippen MR) is 114 cm³/mol. The van der Waals surface area contributed by atoms with Crippen LogP contribution in [0.25, 0.3) is 0 Å². The lowest BCUT2D eigenvalue weighted by molar-refractivity contribution is 0.0342. The molecule has 0 aromatic heterocycles. The Morgan fingerprint density at radius 2 is 1.80 bits per heavy atom. The topological polar surface area (TPSA) is 97.0 Å². The lowest BCUT2D eigenvalue weighted by atomic mass is 10.1. The van der Waals surface area contributed by atoms with Crippen LogP contribution in [-0.2, 0) is 26.0 Å². The molecule has 0 bridgehead atoms. The number of para-hydroxylation sites is 1. The molecule has 1 heterocycles. The fourth-order valence-corrected chi connectivity index (χ4v) is 4.13. The van der Waals surface area contributed by atoms with E-state index in [0.29, 0.717) is 18.8 Å². The molecule has 2 N–H and O–H groups in total. The Bertz CT molecular complexity index is 941. The second-order valence-electron chi connectivity index (χ2n) is 6.91. The van der Waals surface area contributed by atoms with Crippen LogP contribution in [0.1, 0.15) is 15.9 Å². The first-order valence-corrected chi connectivity index (χ1v) is 11.3. The highest BCUT2D eigenvalue weighted by molar-refractivity contribution is 7.89. The maximum Gasteiger partial charge on any atom is 0.255 e. The lowest BCUT2D eigenvalue weighted by Gasteiger charge is -2.27. The summed E-state index contributed by atoms with van der Waals surface area (Å²) < 4.78 is 37.1. The lowest BCUT2D eigenvalue weighted by Crippen LogP contribution is -2.35. The molecule has 3 rings (SSSR count). The monoisotopic (exact) mass is 433 g/mol. The van der Waals surface area contributed by atoms with Crippen LogP contribution in [-0.4, -0.2) is 65.8 Å². The van der Waals surface area contributed by atoms with Crippen LogP contribution in [0.4, 0.5) is 5.69 Å². The van der Waals surface area contributed by atoms with Crippen LogP contribution in [0.5, 0.6) is 0 Å². The summed E-state index contributed by atoms with van der Waals surface area (Å²) in [5, 5.41) is 2.94. The number of benzene rings is 2.